The van der Waals surface area contributed by atoms with Crippen LogP contribution in [0.2, 0.25) is 0 Å². The second-order valence-electron chi connectivity index (χ2n) is 16.0. The molecule has 13 nitrogen and oxygen atoms in total. The highest BCUT2D eigenvalue weighted by Gasteiger charge is 2.55. The van der Waals surface area contributed by atoms with Crippen LogP contribution in [0.5, 0.6) is 0 Å². The predicted molar refractivity (Wildman–Crippen MR) is 247 cm³/mol. The molecule has 4 aromatic rings. The molecule has 332 valence electrons. The summed E-state index contributed by atoms with van der Waals surface area (Å²) in [5, 5.41) is 12.4. The van der Waals surface area contributed by atoms with Crippen molar-refractivity contribution in [2.24, 2.45) is 0 Å². The Balaban J connectivity index is 1.09. The zero-order valence-electron chi connectivity index (χ0n) is 34.7. The fourth-order valence-corrected chi connectivity index (χ4v) is 11.2. The van der Waals surface area contributed by atoms with Gasteiger partial charge in [0, 0.05) is 78.3 Å². The number of carbonyl (C=O) groups is 3. The number of amides is 3. The standard InChI is InChI=1S/C41H50BF2N7O6S5/c1-51(2,3)21-8-11-29-25-34(36-12-9-22-58-36)49-32(29)27-33-30(26-35(37-13-10-23-59-37)50(33)42(49,43)44)16-17-39(53)48-31(28-62(55,56)57)41(54)47-19-6-4-14-38(52)45-20-24-60-61-40-15-5-7-18-46-40/h5,7,9-10,12-13,15,18,22-23,25-27,31H,4,6,8,11,14,16-17,19-21,24,28H2,1-3H3,(H3-,45,47,48,52,53,54,55,56,57)/p+1. The van der Waals surface area contributed by atoms with E-state index in [-0.39, 0.29) is 37.4 Å². The number of unbranched alkanes of at least 4 members (excludes halogenated alkanes) is 1. The van der Waals surface area contributed by atoms with Crippen molar-refractivity contribution in [3.05, 3.63) is 99.0 Å². The van der Waals surface area contributed by atoms with Crippen molar-refractivity contribution in [3.63, 3.8) is 0 Å². The molecular formula is C41H51BF2N7O6S5+. The van der Waals surface area contributed by atoms with Gasteiger partial charge in [0.15, 0.2) is 11.4 Å². The van der Waals surface area contributed by atoms with Gasteiger partial charge in [-0.2, -0.15) is 8.42 Å². The lowest BCUT2D eigenvalue weighted by Crippen LogP contribution is -2.51. The number of halogens is 2. The topological polar surface area (TPSA) is 162 Å². The third-order valence-corrected chi connectivity index (χ3v) is 14.9. The Morgan fingerprint density at radius 2 is 1.69 bits per heavy atom. The molecule has 0 fully saturated rings. The Kier molecular flexibility index (Phi) is 16.1. The van der Waals surface area contributed by atoms with E-state index in [0.29, 0.717) is 59.1 Å². The van der Waals surface area contributed by atoms with Gasteiger partial charge in [0.25, 0.3) is 10.1 Å². The van der Waals surface area contributed by atoms with E-state index in [0.717, 1.165) is 37.4 Å². The number of hydrogen-bond acceptors (Lipinski definition) is 10. The number of rotatable bonds is 23. The van der Waals surface area contributed by atoms with Gasteiger partial charge in [-0.1, -0.05) is 29.0 Å². The zero-order chi connectivity index (χ0) is 44.5. The number of nitrogens with zero attached hydrogens (tertiary/aromatic N) is 4. The van der Waals surface area contributed by atoms with Gasteiger partial charge in [-0.05, 0) is 83.1 Å². The molecule has 0 aliphatic carbocycles. The third kappa shape index (κ3) is 12.8. The molecule has 3 amide bonds. The summed E-state index contributed by atoms with van der Waals surface area (Å²) in [6.45, 7) is -2.99. The van der Waals surface area contributed by atoms with Gasteiger partial charge in [0.05, 0.1) is 32.6 Å². The Morgan fingerprint density at radius 1 is 0.935 bits per heavy atom. The molecule has 4 N–H and O–H groups in total. The van der Waals surface area contributed by atoms with Crippen LogP contribution in [0.3, 0.4) is 0 Å². The first-order valence-corrected chi connectivity index (χ1v) is 25.9. The van der Waals surface area contributed by atoms with E-state index >= 15 is 8.63 Å². The monoisotopic (exact) mass is 946 g/mol. The number of carbonyl (C=O) groups excluding carboxylic acids is 3. The summed E-state index contributed by atoms with van der Waals surface area (Å²) in [5.74, 6) is -2.03. The van der Waals surface area contributed by atoms with E-state index in [1.54, 1.807) is 41.3 Å². The smallest absolute Gasteiger partial charge is 0.389 e. The highest BCUT2D eigenvalue weighted by molar-refractivity contribution is 8.76. The van der Waals surface area contributed by atoms with Crippen molar-refractivity contribution in [2.45, 2.75) is 56.0 Å². The van der Waals surface area contributed by atoms with Gasteiger partial charge >= 0.3 is 6.97 Å². The molecule has 62 heavy (non-hydrogen) atoms. The van der Waals surface area contributed by atoms with Gasteiger partial charge in [0.2, 0.25) is 17.7 Å². The molecule has 0 bridgehead atoms. The van der Waals surface area contributed by atoms with E-state index in [1.807, 2.05) is 47.2 Å². The Bertz CT molecular complexity index is 2420. The number of aromatic nitrogens is 2. The highest BCUT2D eigenvalue weighted by atomic mass is 33.1. The summed E-state index contributed by atoms with van der Waals surface area (Å²) < 4.78 is 71.1. The maximum Gasteiger partial charge on any atom is 0.737 e. The molecule has 2 aliphatic heterocycles. The number of pyridine rings is 1. The van der Waals surface area contributed by atoms with Crippen LogP contribution in [0, 0.1) is 0 Å². The lowest BCUT2D eigenvalue weighted by Gasteiger charge is -2.31. The zero-order valence-corrected chi connectivity index (χ0v) is 38.8. The van der Waals surface area contributed by atoms with Crippen LogP contribution < -0.4 is 16.0 Å². The molecule has 0 spiro atoms. The molecule has 4 aromatic heterocycles. The predicted octanol–water partition coefficient (Wildman–Crippen LogP) is 6.33. The first-order valence-electron chi connectivity index (χ1n) is 20.2. The van der Waals surface area contributed by atoms with Crippen LogP contribution >= 0.6 is 44.3 Å². The quantitative estimate of drug-likeness (QED) is 0.0219. The van der Waals surface area contributed by atoms with Gasteiger partial charge in [-0.15, -0.1) is 22.7 Å². The van der Waals surface area contributed by atoms with Crippen LogP contribution in [-0.2, 0) is 30.9 Å². The molecule has 6 rings (SSSR count). The average molecular weight is 947 g/mol. The molecule has 0 radical (unpaired) electrons. The van der Waals surface area contributed by atoms with Gasteiger partial charge in [0.1, 0.15) is 16.8 Å². The summed E-state index contributed by atoms with van der Waals surface area (Å²) in [5.41, 5.74) is 2.76. The van der Waals surface area contributed by atoms with Crippen molar-refractivity contribution in [1.29, 1.82) is 0 Å². The minimum absolute atomic E-state index is 0.00850. The van der Waals surface area contributed by atoms with Gasteiger partial charge < -0.3 is 38.0 Å². The maximum absolute atomic E-state index is 17.3. The van der Waals surface area contributed by atoms with Crippen LogP contribution in [0.25, 0.3) is 16.6 Å². The Labute approximate surface area is 377 Å². The van der Waals surface area contributed by atoms with E-state index in [2.05, 4.69) is 42.1 Å². The number of hydrogen-bond donors (Lipinski definition) is 4. The average Bonchev–Trinajstić information content (AvgIpc) is 4.04. The van der Waals surface area contributed by atoms with Crippen molar-refractivity contribution >= 4 is 90.9 Å². The molecule has 0 saturated carbocycles. The minimum atomic E-state index is -4.69. The number of fused-ring (bicyclic) bond motifs is 2. The van der Waals surface area contributed by atoms with Crippen LogP contribution in [0.4, 0.5) is 8.63 Å². The van der Waals surface area contributed by atoms with Crippen molar-refractivity contribution in [1.82, 2.24) is 25.4 Å². The van der Waals surface area contributed by atoms with Crippen molar-refractivity contribution in [3.8, 4) is 10.6 Å². The Morgan fingerprint density at radius 3 is 2.37 bits per heavy atom. The molecule has 2 aliphatic rings. The normalized spacial score (nSPS) is 15.1. The molecular weight excluding hydrogens is 896 g/mol. The number of allylic oxidation sites excluding steroid dienone is 2. The second-order valence-corrected chi connectivity index (χ2v) is 21.8. The van der Waals surface area contributed by atoms with Crippen molar-refractivity contribution in [2.75, 3.05) is 52.3 Å². The summed E-state index contributed by atoms with van der Waals surface area (Å²) in [4.78, 5) is 44.4. The van der Waals surface area contributed by atoms with E-state index in [9.17, 15) is 27.4 Å². The summed E-state index contributed by atoms with van der Waals surface area (Å²) in [6, 6.07) is 13.2. The number of aryl methyl sites for hydroxylation is 1. The fraction of sp³-hybridized carbons (Fsp3) is 0.390. The largest absolute Gasteiger partial charge is 0.737 e. The SMILES string of the molecule is C[N+](C)(C)CCCc1cc(-c2cccs2)n2c1C=C1C(CCC(=O)NC(CS(=O)(=O)O)C(=O)NCCCCC(=O)NCCSSc3ccccn3)=CC(c3cccs3)=[N+]1[B-]2(F)F. The molecule has 0 saturated heterocycles. The first-order chi connectivity index (χ1) is 29.5. The minimum Gasteiger partial charge on any atom is -0.389 e. The van der Waals surface area contributed by atoms with Gasteiger partial charge in [-0.25, -0.2) is 4.98 Å². The van der Waals surface area contributed by atoms with Gasteiger partial charge in [-0.3, -0.25) is 18.9 Å². The number of quaternary nitrogens is 1. The number of nitrogens with one attached hydrogen (secondary N) is 3. The molecule has 1 unspecified atom stereocenters. The third-order valence-electron chi connectivity index (χ3n) is 10.1. The van der Waals surface area contributed by atoms with Crippen LogP contribution in [0.1, 0.15) is 54.7 Å². The summed E-state index contributed by atoms with van der Waals surface area (Å²) >= 11 is 2.73. The first kappa shape index (κ1) is 47.4. The molecule has 1 atom stereocenters. The highest BCUT2D eigenvalue weighted by Crippen LogP contribution is 2.43. The Hall–Kier alpha value is -4.12. The fourth-order valence-electron chi connectivity index (χ4n) is 7.27. The summed E-state index contributed by atoms with van der Waals surface area (Å²) in [6.07, 6.45) is 7.38. The molecule has 21 heteroatoms. The lowest BCUT2D eigenvalue weighted by molar-refractivity contribution is -0.870. The maximum atomic E-state index is 17.3. The lowest BCUT2D eigenvalue weighted by atomic mass is 9.88. The van der Waals surface area contributed by atoms with E-state index in [1.165, 1.54) is 37.9 Å². The van der Waals surface area contributed by atoms with Crippen molar-refractivity contribution < 1.29 is 45.0 Å². The van der Waals surface area contributed by atoms with E-state index < -0.39 is 40.7 Å². The molecule has 6 heterocycles. The summed E-state index contributed by atoms with van der Waals surface area (Å²) in [7, 11) is 4.68. The van der Waals surface area contributed by atoms with Crippen LogP contribution in [0.15, 0.2) is 87.9 Å². The van der Waals surface area contributed by atoms with E-state index in [4.69, 9.17) is 0 Å². The molecule has 0 aromatic carbocycles. The number of thiophene rings is 2. The van der Waals surface area contributed by atoms with Crippen LogP contribution in [-0.4, -0.2) is 120 Å². The second kappa shape index (κ2) is 21.0.